The van der Waals surface area contributed by atoms with Gasteiger partial charge in [-0.05, 0) is 48.5 Å². The smallest absolute Gasteiger partial charge is 0.322 e. The van der Waals surface area contributed by atoms with E-state index in [-0.39, 0.29) is 16.9 Å². The van der Waals surface area contributed by atoms with Crippen molar-refractivity contribution >= 4 is 11.6 Å². The van der Waals surface area contributed by atoms with E-state index < -0.39 is 23.5 Å². The van der Waals surface area contributed by atoms with Crippen molar-refractivity contribution < 1.29 is 22.4 Å². The Balaban J connectivity index is 1.73. The van der Waals surface area contributed by atoms with E-state index in [0.717, 1.165) is 12.1 Å². The zero-order valence-corrected chi connectivity index (χ0v) is 13.2. The molecule has 0 aliphatic rings. The highest BCUT2D eigenvalue weighted by molar-refractivity contribution is 6.04. The molecule has 132 valence electrons. The fourth-order valence-corrected chi connectivity index (χ4v) is 2.32. The zero-order valence-electron chi connectivity index (χ0n) is 13.2. The van der Waals surface area contributed by atoms with Gasteiger partial charge < -0.3 is 5.32 Å². The molecule has 7 heteroatoms. The number of hydrogen-bond acceptors (Lipinski definition) is 2. The monoisotopic (exact) mass is 360 g/mol. The molecule has 3 nitrogen and oxygen atoms in total. The largest absolute Gasteiger partial charge is 0.416 e. The van der Waals surface area contributed by atoms with Gasteiger partial charge in [0.1, 0.15) is 11.5 Å². The number of halogens is 4. The van der Waals surface area contributed by atoms with Gasteiger partial charge in [-0.1, -0.05) is 12.1 Å². The second-order valence-electron chi connectivity index (χ2n) is 5.44. The second kappa shape index (κ2) is 6.95. The molecule has 0 radical (unpaired) electrons. The molecule has 0 aliphatic heterocycles. The minimum absolute atomic E-state index is 0.169. The molecule has 0 fully saturated rings. The molecule has 26 heavy (non-hydrogen) atoms. The third-order valence-corrected chi connectivity index (χ3v) is 3.65. The molecule has 2 aromatic carbocycles. The number of pyridine rings is 1. The molecule has 0 unspecified atom stereocenters. The van der Waals surface area contributed by atoms with Gasteiger partial charge in [0.25, 0.3) is 5.91 Å². The molecule has 1 aromatic heterocycles. The molecule has 0 atom stereocenters. The standard InChI is InChI=1S/C19H12F4N2O/c20-16-2-1-11-24-17(16)12-3-5-13(6-4-12)18(26)25-15-9-7-14(8-10-15)19(21,22)23/h1-11H,(H,25,26). The number of benzene rings is 2. The summed E-state index contributed by atoms with van der Waals surface area (Å²) in [6.07, 6.45) is -2.97. The van der Waals surface area contributed by atoms with Gasteiger partial charge in [-0.3, -0.25) is 9.78 Å². The summed E-state index contributed by atoms with van der Waals surface area (Å²) in [4.78, 5) is 16.1. The van der Waals surface area contributed by atoms with Crippen molar-refractivity contribution in [1.82, 2.24) is 4.98 Å². The number of amides is 1. The molecule has 3 aromatic rings. The van der Waals surface area contributed by atoms with E-state index in [2.05, 4.69) is 10.3 Å². The van der Waals surface area contributed by atoms with Crippen LogP contribution in [-0.2, 0) is 6.18 Å². The summed E-state index contributed by atoms with van der Waals surface area (Å²) >= 11 is 0. The van der Waals surface area contributed by atoms with Crippen LogP contribution in [0.1, 0.15) is 15.9 Å². The van der Waals surface area contributed by atoms with Crippen molar-refractivity contribution in [3.63, 3.8) is 0 Å². The predicted octanol–water partition coefficient (Wildman–Crippen LogP) is 5.16. The Morgan fingerprint density at radius 3 is 2.15 bits per heavy atom. The van der Waals surface area contributed by atoms with E-state index in [1.807, 2.05) is 0 Å². The Bertz CT molecular complexity index is 920. The Kier molecular flexibility index (Phi) is 4.71. The summed E-state index contributed by atoms with van der Waals surface area (Å²) in [5.74, 6) is -0.966. The van der Waals surface area contributed by atoms with E-state index in [1.54, 1.807) is 12.1 Å². The highest BCUT2D eigenvalue weighted by atomic mass is 19.4. The van der Waals surface area contributed by atoms with Crippen LogP contribution in [0.25, 0.3) is 11.3 Å². The van der Waals surface area contributed by atoms with E-state index in [9.17, 15) is 22.4 Å². The average molecular weight is 360 g/mol. The van der Waals surface area contributed by atoms with Crippen molar-refractivity contribution in [2.75, 3.05) is 5.32 Å². The van der Waals surface area contributed by atoms with Crippen molar-refractivity contribution in [2.45, 2.75) is 6.18 Å². The number of aromatic nitrogens is 1. The summed E-state index contributed by atoms with van der Waals surface area (Å²) in [5, 5.41) is 2.51. The van der Waals surface area contributed by atoms with Crippen LogP contribution >= 0.6 is 0 Å². The van der Waals surface area contributed by atoms with Gasteiger partial charge in [0.2, 0.25) is 0 Å². The average Bonchev–Trinajstić information content (AvgIpc) is 2.62. The third-order valence-electron chi connectivity index (χ3n) is 3.65. The molecule has 0 saturated heterocycles. The maximum Gasteiger partial charge on any atom is 0.416 e. The molecule has 1 N–H and O–H groups in total. The molecule has 0 saturated carbocycles. The Morgan fingerprint density at radius 2 is 1.58 bits per heavy atom. The van der Waals surface area contributed by atoms with Gasteiger partial charge >= 0.3 is 6.18 Å². The van der Waals surface area contributed by atoms with Crippen LogP contribution in [0.2, 0.25) is 0 Å². The maximum absolute atomic E-state index is 13.7. The lowest BCUT2D eigenvalue weighted by Crippen LogP contribution is -2.12. The minimum Gasteiger partial charge on any atom is -0.322 e. The quantitative estimate of drug-likeness (QED) is 0.656. The molecular weight excluding hydrogens is 348 g/mol. The highest BCUT2D eigenvalue weighted by Gasteiger charge is 2.30. The molecular formula is C19H12F4N2O. The number of rotatable bonds is 3. The van der Waals surface area contributed by atoms with Crippen molar-refractivity contribution in [3.8, 4) is 11.3 Å². The predicted molar refractivity (Wildman–Crippen MR) is 89.0 cm³/mol. The first-order chi connectivity index (χ1) is 12.3. The Morgan fingerprint density at radius 1 is 0.923 bits per heavy atom. The third kappa shape index (κ3) is 3.88. The highest BCUT2D eigenvalue weighted by Crippen LogP contribution is 2.30. The maximum atomic E-state index is 13.7. The van der Waals surface area contributed by atoms with Crippen LogP contribution in [0.15, 0.2) is 66.9 Å². The number of alkyl halides is 3. The number of anilines is 1. The van der Waals surface area contributed by atoms with Crippen LogP contribution in [-0.4, -0.2) is 10.9 Å². The van der Waals surface area contributed by atoms with Gasteiger partial charge in [0, 0.05) is 23.0 Å². The van der Waals surface area contributed by atoms with Gasteiger partial charge in [0.05, 0.1) is 5.56 Å². The number of carbonyl (C=O) groups is 1. The van der Waals surface area contributed by atoms with Crippen molar-refractivity contribution in [2.24, 2.45) is 0 Å². The first-order valence-electron chi connectivity index (χ1n) is 7.54. The number of carbonyl (C=O) groups excluding carboxylic acids is 1. The topological polar surface area (TPSA) is 42.0 Å². The van der Waals surface area contributed by atoms with Crippen molar-refractivity contribution in [3.05, 3.63) is 83.8 Å². The molecule has 1 heterocycles. The molecule has 3 rings (SSSR count). The lowest BCUT2D eigenvalue weighted by Gasteiger charge is -2.09. The van der Waals surface area contributed by atoms with Gasteiger partial charge in [-0.15, -0.1) is 0 Å². The van der Waals surface area contributed by atoms with Crippen LogP contribution in [0.3, 0.4) is 0 Å². The Labute approximate surface area is 146 Å². The molecule has 0 spiro atoms. The fourth-order valence-electron chi connectivity index (χ4n) is 2.32. The van der Waals surface area contributed by atoms with Crippen LogP contribution in [0.5, 0.6) is 0 Å². The normalized spacial score (nSPS) is 11.2. The summed E-state index contributed by atoms with van der Waals surface area (Å²) in [6.45, 7) is 0. The van der Waals surface area contributed by atoms with Gasteiger partial charge in [-0.25, -0.2) is 4.39 Å². The number of hydrogen-bond donors (Lipinski definition) is 1. The lowest BCUT2D eigenvalue weighted by atomic mass is 10.1. The van der Waals surface area contributed by atoms with Crippen LogP contribution in [0.4, 0.5) is 23.2 Å². The van der Waals surface area contributed by atoms with Crippen LogP contribution < -0.4 is 5.32 Å². The van der Waals surface area contributed by atoms with E-state index in [0.29, 0.717) is 5.56 Å². The summed E-state index contributed by atoms with van der Waals surface area (Å²) in [6, 6.07) is 13.0. The molecule has 0 aliphatic carbocycles. The van der Waals surface area contributed by atoms with E-state index in [4.69, 9.17) is 0 Å². The fraction of sp³-hybridized carbons (Fsp3) is 0.0526. The molecule has 1 amide bonds. The number of nitrogens with one attached hydrogen (secondary N) is 1. The van der Waals surface area contributed by atoms with E-state index >= 15 is 0 Å². The van der Waals surface area contributed by atoms with Gasteiger partial charge in [0.15, 0.2) is 0 Å². The number of nitrogens with zero attached hydrogens (tertiary/aromatic N) is 1. The summed E-state index contributed by atoms with van der Waals surface area (Å²) < 4.78 is 51.3. The zero-order chi connectivity index (χ0) is 18.7. The van der Waals surface area contributed by atoms with Gasteiger partial charge in [-0.2, -0.15) is 13.2 Å². The lowest BCUT2D eigenvalue weighted by molar-refractivity contribution is -0.137. The Hall–Kier alpha value is -3.22. The SMILES string of the molecule is O=C(Nc1ccc(C(F)(F)F)cc1)c1ccc(-c2ncccc2F)cc1. The molecule has 0 bridgehead atoms. The second-order valence-corrected chi connectivity index (χ2v) is 5.44. The van der Waals surface area contributed by atoms with E-state index in [1.165, 1.54) is 42.6 Å². The summed E-state index contributed by atoms with van der Waals surface area (Å²) in [5.41, 5.74) is 0.404. The first-order valence-corrected chi connectivity index (χ1v) is 7.54. The van der Waals surface area contributed by atoms with Crippen molar-refractivity contribution in [1.29, 1.82) is 0 Å². The minimum atomic E-state index is -4.43. The van der Waals surface area contributed by atoms with Crippen LogP contribution in [0, 0.1) is 5.82 Å². The summed E-state index contributed by atoms with van der Waals surface area (Å²) in [7, 11) is 0. The first kappa shape index (κ1) is 17.6.